The normalized spacial score (nSPS) is 12.2. The molecule has 0 aromatic heterocycles. The summed E-state index contributed by atoms with van der Waals surface area (Å²) in [6, 6.07) is 0. The summed E-state index contributed by atoms with van der Waals surface area (Å²) in [5.41, 5.74) is 0. The maximum atomic E-state index is 12.9. The lowest BCUT2D eigenvalue weighted by Gasteiger charge is -2.18. The fourth-order valence-electron chi connectivity index (χ4n) is 9.52. The Morgan fingerprint density at radius 3 is 0.819 bits per heavy atom. The molecule has 422 valence electrons. The quantitative estimate of drug-likeness (QED) is 0.0261. The van der Waals surface area contributed by atoms with Crippen LogP contribution in [0.2, 0.25) is 0 Å². The van der Waals surface area contributed by atoms with Gasteiger partial charge in [0, 0.05) is 19.3 Å². The highest BCUT2D eigenvalue weighted by Crippen LogP contribution is 2.17. The zero-order valence-corrected chi connectivity index (χ0v) is 48.5. The van der Waals surface area contributed by atoms with Gasteiger partial charge in [0.2, 0.25) is 0 Å². The molecule has 1 atom stereocenters. The first kappa shape index (κ1) is 69.6. The van der Waals surface area contributed by atoms with Crippen molar-refractivity contribution in [1.29, 1.82) is 0 Å². The summed E-state index contributed by atoms with van der Waals surface area (Å²) in [6.45, 7) is 6.65. The Balaban J connectivity index is 4.31. The molecule has 0 aromatic rings. The smallest absolute Gasteiger partial charge is 0.306 e. The van der Waals surface area contributed by atoms with E-state index in [9.17, 15) is 14.4 Å². The highest BCUT2D eigenvalue weighted by atomic mass is 16.6. The van der Waals surface area contributed by atoms with Gasteiger partial charge in [0.25, 0.3) is 0 Å². The van der Waals surface area contributed by atoms with E-state index in [0.717, 1.165) is 77.0 Å². The third-order valence-electron chi connectivity index (χ3n) is 14.4. The van der Waals surface area contributed by atoms with E-state index in [2.05, 4.69) is 57.2 Å². The monoisotopic (exact) mass is 1010 g/mol. The topological polar surface area (TPSA) is 78.9 Å². The van der Waals surface area contributed by atoms with Gasteiger partial charge in [-0.3, -0.25) is 14.4 Å². The van der Waals surface area contributed by atoms with Crippen molar-refractivity contribution in [2.45, 2.75) is 354 Å². The molecule has 0 saturated heterocycles. The Bertz CT molecular complexity index is 1210. The van der Waals surface area contributed by atoms with E-state index < -0.39 is 6.10 Å². The van der Waals surface area contributed by atoms with E-state index in [1.54, 1.807) is 0 Å². The lowest BCUT2D eigenvalue weighted by atomic mass is 10.0. The number of rotatable bonds is 59. The van der Waals surface area contributed by atoms with Gasteiger partial charge in [-0.2, -0.15) is 0 Å². The summed E-state index contributed by atoms with van der Waals surface area (Å²) in [4.78, 5) is 38.3. The van der Waals surface area contributed by atoms with Gasteiger partial charge in [0.1, 0.15) is 13.2 Å². The molecule has 6 nitrogen and oxygen atoms in total. The van der Waals surface area contributed by atoms with Crippen LogP contribution in [0.1, 0.15) is 348 Å². The zero-order valence-electron chi connectivity index (χ0n) is 48.5. The Labute approximate surface area is 448 Å². The average Bonchev–Trinajstić information content (AvgIpc) is 3.38. The fourth-order valence-corrected chi connectivity index (χ4v) is 9.52. The van der Waals surface area contributed by atoms with E-state index in [-0.39, 0.29) is 31.1 Å². The van der Waals surface area contributed by atoms with Crippen LogP contribution in [0.3, 0.4) is 0 Å². The van der Waals surface area contributed by atoms with Gasteiger partial charge in [-0.15, -0.1) is 0 Å². The predicted octanol–water partition coefficient (Wildman–Crippen LogP) is 21.6. The van der Waals surface area contributed by atoms with Crippen molar-refractivity contribution in [3.05, 3.63) is 36.5 Å². The van der Waals surface area contributed by atoms with Crippen LogP contribution in [0.4, 0.5) is 0 Å². The van der Waals surface area contributed by atoms with Crippen molar-refractivity contribution < 1.29 is 28.6 Å². The molecule has 0 saturated carbocycles. The summed E-state index contributed by atoms with van der Waals surface area (Å²) in [6.07, 6.45) is 74.3. The summed E-state index contributed by atoms with van der Waals surface area (Å²) in [7, 11) is 0. The number of unbranched alkanes of at least 4 members (excludes halogenated alkanes) is 42. The number of carbonyl (C=O) groups excluding carboxylic acids is 3. The molecule has 0 rings (SSSR count). The van der Waals surface area contributed by atoms with E-state index in [0.29, 0.717) is 19.3 Å². The summed E-state index contributed by atoms with van der Waals surface area (Å²) in [5, 5.41) is 0. The Kier molecular flexibility index (Phi) is 59.2. The van der Waals surface area contributed by atoms with Crippen molar-refractivity contribution in [3.8, 4) is 0 Å². The highest BCUT2D eigenvalue weighted by molar-refractivity contribution is 5.71. The van der Waals surface area contributed by atoms with E-state index in [4.69, 9.17) is 14.2 Å². The first-order chi connectivity index (χ1) is 35.5. The molecule has 6 heteroatoms. The first-order valence-electron chi connectivity index (χ1n) is 32.0. The molecule has 0 aliphatic heterocycles. The van der Waals surface area contributed by atoms with Gasteiger partial charge in [-0.05, 0) is 70.6 Å². The average molecular weight is 1010 g/mol. The molecule has 0 bridgehead atoms. The van der Waals surface area contributed by atoms with Crippen molar-refractivity contribution in [2.24, 2.45) is 0 Å². The van der Waals surface area contributed by atoms with Crippen molar-refractivity contribution >= 4 is 17.9 Å². The van der Waals surface area contributed by atoms with Crippen molar-refractivity contribution in [2.75, 3.05) is 13.2 Å². The second-order valence-corrected chi connectivity index (χ2v) is 21.7. The standard InChI is InChI=1S/C66H122O6/c1-4-7-10-13-16-19-22-25-28-30-32-33-35-36-38-41-44-47-50-53-56-59-65(68)71-62-63(61-70-64(67)58-55-52-49-46-43-40-27-24-21-18-15-12-9-6-3)72-66(69)60-57-54-51-48-45-42-39-37-34-31-29-26-23-20-17-14-11-8-5-2/h15,18,24,27,30,32,63H,4-14,16-17,19-23,25-26,28-29,31,33-62H2,1-3H3/b18-15-,27-24-,32-30-. The Hall–Kier alpha value is -2.37. The summed E-state index contributed by atoms with van der Waals surface area (Å²) in [5.74, 6) is -0.867. The minimum Gasteiger partial charge on any atom is -0.462 e. The lowest BCUT2D eigenvalue weighted by molar-refractivity contribution is -0.167. The maximum absolute atomic E-state index is 12.9. The van der Waals surface area contributed by atoms with Crippen LogP contribution in [-0.2, 0) is 28.6 Å². The first-order valence-corrected chi connectivity index (χ1v) is 32.0. The molecule has 0 N–H and O–H groups in total. The Morgan fingerprint density at radius 2 is 0.514 bits per heavy atom. The summed E-state index contributed by atoms with van der Waals surface area (Å²) < 4.78 is 16.9. The van der Waals surface area contributed by atoms with Crippen LogP contribution >= 0.6 is 0 Å². The van der Waals surface area contributed by atoms with Crippen LogP contribution < -0.4 is 0 Å². The van der Waals surface area contributed by atoms with Crippen LogP contribution in [0.25, 0.3) is 0 Å². The van der Waals surface area contributed by atoms with Crippen LogP contribution in [-0.4, -0.2) is 37.2 Å². The van der Waals surface area contributed by atoms with E-state index in [1.807, 2.05) is 0 Å². The number of allylic oxidation sites excluding steroid dienone is 6. The van der Waals surface area contributed by atoms with Gasteiger partial charge in [0.15, 0.2) is 6.10 Å². The number of carbonyl (C=O) groups is 3. The number of hydrogen-bond donors (Lipinski definition) is 0. The third kappa shape index (κ3) is 58.5. The van der Waals surface area contributed by atoms with Gasteiger partial charge in [-0.1, -0.05) is 295 Å². The number of hydrogen-bond acceptors (Lipinski definition) is 6. The van der Waals surface area contributed by atoms with Gasteiger partial charge in [0.05, 0.1) is 0 Å². The second-order valence-electron chi connectivity index (χ2n) is 21.7. The molecule has 72 heavy (non-hydrogen) atoms. The fraction of sp³-hybridized carbons (Fsp3) is 0.864. The number of esters is 3. The Morgan fingerprint density at radius 1 is 0.278 bits per heavy atom. The van der Waals surface area contributed by atoms with E-state index >= 15 is 0 Å². The van der Waals surface area contributed by atoms with Crippen LogP contribution in [0, 0.1) is 0 Å². The minimum absolute atomic E-state index is 0.0737. The summed E-state index contributed by atoms with van der Waals surface area (Å²) >= 11 is 0. The highest BCUT2D eigenvalue weighted by Gasteiger charge is 2.19. The van der Waals surface area contributed by atoms with Gasteiger partial charge >= 0.3 is 17.9 Å². The molecule has 0 aromatic carbocycles. The SMILES string of the molecule is CCCC/C=C\C/C=C\CCCCCCCC(=O)OCC(COC(=O)CCCCCCCCCCC/C=C\CCCCCCCCCC)OC(=O)CCCCCCCCCCCCCCCCCCCCC. The molecular weight excluding hydrogens is 889 g/mol. The lowest BCUT2D eigenvalue weighted by Crippen LogP contribution is -2.30. The largest absolute Gasteiger partial charge is 0.462 e. The van der Waals surface area contributed by atoms with E-state index in [1.165, 1.54) is 231 Å². The maximum Gasteiger partial charge on any atom is 0.306 e. The molecule has 0 aliphatic rings. The molecule has 0 spiro atoms. The van der Waals surface area contributed by atoms with Gasteiger partial charge < -0.3 is 14.2 Å². The molecule has 1 unspecified atom stereocenters. The molecule has 0 amide bonds. The molecular formula is C66H122O6. The third-order valence-corrected chi connectivity index (χ3v) is 14.4. The second kappa shape index (κ2) is 61.2. The van der Waals surface area contributed by atoms with Crippen molar-refractivity contribution in [3.63, 3.8) is 0 Å². The van der Waals surface area contributed by atoms with Crippen LogP contribution in [0.5, 0.6) is 0 Å². The molecule has 0 radical (unpaired) electrons. The number of ether oxygens (including phenoxy) is 3. The molecule has 0 fully saturated rings. The van der Waals surface area contributed by atoms with Crippen molar-refractivity contribution in [1.82, 2.24) is 0 Å². The predicted molar refractivity (Wildman–Crippen MR) is 312 cm³/mol. The zero-order chi connectivity index (χ0) is 52.2. The molecule has 0 aliphatic carbocycles. The van der Waals surface area contributed by atoms with Gasteiger partial charge in [-0.25, -0.2) is 0 Å². The minimum atomic E-state index is -0.777. The van der Waals surface area contributed by atoms with Crippen LogP contribution in [0.15, 0.2) is 36.5 Å². The molecule has 0 heterocycles.